The Bertz CT molecular complexity index is 500. The molecule has 0 aliphatic rings. The number of methoxy groups -OCH3 is 1. The molecular weight excluding hydrogens is 260 g/mol. The maximum Gasteiger partial charge on any atom is 0.358 e. The standard InChI is InChI=1S/C9H14N4O4S/c1-10-18(15,16)4-3-11-8-6-12-7(5-13-8)9(14)17-2/h5-6,10H,3-4H2,1-2H3,(H,11,13). The van der Waals surface area contributed by atoms with Crippen molar-refractivity contribution in [2.24, 2.45) is 0 Å². The minimum atomic E-state index is -3.25. The molecule has 100 valence electrons. The SMILES string of the molecule is CNS(=O)(=O)CCNc1cnc(C(=O)OC)cn1. The van der Waals surface area contributed by atoms with Gasteiger partial charge in [-0.1, -0.05) is 0 Å². The largest absolute Gasteiger partial charge is 0.464 e. The van der Waals surface area contributed by atoms with Crippen LogP contribution in [0.25, 0.3) is 0 Å². The number of hydrogen-bond acceptors (Lipinski definition) is 7. The third kappa shape index (κ3) is 4.26. The van der Waals surface area contributed by atoms with Gasteiger partial charge in [-0.15, -0.1) is 0 Å². The second-order valence-corrected chi connectivity index (χ2v) is 5.27. The number of nitrogens with one attached hydrogen (secondary N) is 2. The average molecular weight is 274 g/mol. The third-order valence-electron chi connectivity index (χ3n) is 2.03. The first kappa shape index (κ1) is 14.3. The zero-order valence-electron chi connectivity index (χ0n) is 10.0. The van der Waals surface area contributed by atoms with Crippen molar-refractivity contribution in [1.29, 1.82) is 0 Å². The van der Waals surface area contributed by atoms with Crippen LogP contribution < -0.4 is 10.0 Å². The molecule has 0 fully saturated rings. The summed E-state index contributed by atoms with van der Waals surface area (Å²) in [4.78, 5) is 18.8. The van der Waals surface area contributed by atoms with Crippen molar-refractivity contribution in [3.05, 3.63) is 18.1 Å². The molecule has 1 aromatic heterocycles. The zero-order chi connectivity index (χ0) is 13.6. The van der Waals surface area contributed by atoms with Crippen molar-refractivity contribution in [3.8, 4) is 0 Å². The van der Waals surface area contributed by atoms with E-state index in [0.717, 1.165) is 0 Å². The molecule has 2 N–H and O–H groups in total. The van der Waals surface area contributed by atoms with Gasteiger partial charge in [-0.05, 0) is 7.05 Å². The number of anilines is 1. The van der Waals surface area contributed by atoms with Gasteiger partial charge in [0, 0.05) is 6.54 Å². The highest BCUT2D eigenvalue weighted by molar-refractivity contribution is 7.89. The van der Waals surface area contributed by atoms with Crippen LogP contribution in [0, 0.1) is 0 Å². The Morgan fingerprint density at radius 2 is 2.11 bits per heavy atom. The average Bonchev–Trinajstić information content (AvgIpc) is 2.38. The summed E-state index contributed by atoms with van der Waals surface area (Å²) >= 11 is 0. The van der Waals surface area contributed by atoms with Crippen LogP contribution in [-0.2, 0) is 14.8 Å². The van der Waals surface area contributed by atoms with E-state index < -0.39 is 16.0 Å². The summed E-state index contributed by atoms with van der Waals surface area (Å²) in [5.41, 5.74) is 0.0888. The smallest absolute Gasteiger partial charge is 0.358 e. The van der Waals surface area contributed by atoms with Crippen LogP contribution >= 0.6 is 0 Å². The highest BCUT2D eigenvalue weighted by atomic mass is 32.2. The number of hydrogen-bond donors (Lipinski definition) is 2. The summed E-state index contributed by atoms with van der Waals surface area (Å²) in [5.74, 6) is -0.273. The van der Waals surface area contributed by atoms with Crippen LogP contribution in [0.1, 0.15) is 10.5 Å². The summed E-state index contributed by atoms with van der Waals surface area (Å²) in [7, 11) is -0.654. The Kier molecular flexibility index (Phi) is 4.98. The van der Waals surface area contributed by atoms with Gasteiger partial charge in [-0.3, -0.25) is 0 Å². The van der Waals surface area contributed by atoms with Crippen molar-refractivity contribution < 1.29 is 17.9 Å². The van der Waals surface area contributed by atoms with E-state index >= 15 is 0 Å². The van der Waals surface area contributed by atoms with E-state index in [4.69, 9.17) is 0 Å². The van der Waals surface area contributed by atoms with Crippen LogP contribution in [0.4, 0.5) is 5.82 Å². The molecule has 0 amide bonds. The van der Waals surface area contributed by atoms with Gasteiger partial charge < -0.3 is 10.1 Å². The fourth-order valence-corrected chi connectivity index (χ4v) is 1.62. The molecule has 0 aromatic carbocycles. The lowest BCUT2D eigenvalue weighted by molar-refractivity contribution is 0.0593. The molecule has 0 aliphatic carbocycles. The normalized spacial score (nSPS) is 11.0. The number of carbonyl (C=O) groups excluding carboxylic acids is 1. The maximum absolute atomic E-state index is 11.1. The molecule has 0 bridgehead atoms. The Morgan fingerprint density at radius 3 is 2.61 bits per heavy atom. The molecular formula is C9H14N4O4S. The molecule has 8 nitrogen and oxygen atoms in total. The summed E-state index contributed by atoms with van der Waals surface area (Å²) in [6.07, 6.45) is 2.58. The van der Waals surface area contributed by atoms with E-state index in [9.17, 15) is 13.2 Å². The predicted octanol–water partition coefficient (Wildman–Crippen LogP) is -0.776. The summed E-state index contributed by atoms with van der Waals surface area (Å²) in [6, 6.07) is 0. The van der Waals surface area contributed by atoms with Crippen molar-refractivity contribution in [2.75, 3.05) is 31.8 Å². The molecule has 0 spiro atoms. The molecule has 0 radical (unpaired) electrons. The summed E-state index contributed by atoms with van der Waals surface area (Å²) in [5, 5.41) is 2.77. The Balaban J connectivity index is 2.52. The molecule has 0 unspecified atom stereocenters. The van der Waals surface area contributed by atoms with Gasteiger partial charge in [0.05, 0.1) is 25.3 Å². The number of sulfonamides is 1. The van der Waals surface area contributed by atoms with Crippen molar-refractivity contribution in [1.82, 2.24) is 14.7 Å². The first-order valence-corrected chi connectivity index (χ1v) is 6.69. The van der Waals surface area contributed by atoms with E-state index in [1.54, 1.807) is 0 Å². The number of carbonyl (C=O) groups is 1. The number of nitrogens with zero attached hydrogens (tertiary/aromatic N) is 2. The molecule has 1 rings (SSSR count). The number of aromatic nitrogens is 2. The van der Waals surface area contributed by atoms with Crippen molar-refractivity contribution >= 4 is 21.8 Å². The van der Waals surface area contributed by atoms with E-state index in [1.165, 1.54) is 26.6 Å². The Labute approximate surface area is 105 Å². The predicted molar refractivity (Wildman–Crippen MR) is 64.7 cm³/mol. The third-order valence-corrected chi connectivity index (χ3v) is 3.40. The molecule has 0 saturated carbocycles. The summed E-state index contributed by atoms with van der Waals surface area (Å²) < 4.78 is 28.9. The molecule has 1 heterocycles. The van der Waals surface area contributed by atoms with Crippen LogP contribution in [0.3, 0.4) is 0 Å². The molecule has 9 heteroatoms. The Morgan fingerprint density at radius 1 is 1.39 bits per heavy atom. The van der Waals surface area contributed by atoms with Crippen molar-refractivity contribution in [3.63, 3.8) is 0 Å². The Hall–Kier alpha value is -1.74. The molecule has 0 atom stereocenters. The highest BCUT2D eigenvalue weighted by Crippen LogP contribution is 2.01. The molecule has 18 heavy (non-hydrogen) atoms. The van der Waals surface area contributed by atoms with Gasteiger partial charge in [-0.2, -0.15) is 0 Å². The van der Waals surface area contributed by atoms with Crippen molar-refractivity contribution in [2.45, 2.75) is 0 Å². The molecule has 0 aliphatic heterocycles. The molecule has 1 aromatic rings. The van der Waals surface area contributed by atoms with Gasteiger partial charge in [0.15, 0.2) is 5.69 Å². The second-order valence-electron chi connectivity index (χ2n) is 3.23. The van der Waals surface area contributed by atoms with Gasteiger partial charge in [0.25, 0.3) is 0 Å². The van der Waals surface area contributed by atoms with Gasteiger partial charge in [0.1, 0.15) is 5.82 Å². The van der Waals surface area contributed by atoms with Gasteiger partial charge in [-0.25, -0.2) is 27.9 Å². The summed E-state index contributed by atoms with van der Waals surface area (Å²) in [6.45, 7) is 0.190. The second kappa shape index (κ2) is 6.26. The van der Waals surface area contributed by atoms with E-state index in [1.807, 2.05) is 0 Å². The topological polar surface area (TPSA) is 110 Å². The number of rotatable bonds is 6. The minimum Gasteiger partial charge on any atom is -0.464 e. The lowest BCUT2D eigenvalue weighted by Crippen LogP contribution is -2.26. The minimum absolute atomic E-state index is 0.0794. The van der Waals surface area contributed by atoms with Gasteiger partial charge >= 0.3 is 5.97 Å². The van der Waals surface area contributed by atoms with Crippen LogP contribution in [0.2, 0.25) is 0 Å². The lowest BCUT2D eigenvalue weighted by Gasteiger charge is -2.05. The first-order valence-electron chi connectivity index (χ1n) is 5.04. The first-order chi connectivity index (χ1) is 8.48. The van der Waals surface area contributed by atoms with Crippen LogP contribution in [-0.4, -0.2) is 50.8 Å². The van der Waals surface area contributed by atoms with E-state index in [2.05, 4.69) is 24.7 Å². The maximum atomic E-state index is 11.1. The van der Waals surface area contributed by atoms with E-state index in [0.29, 0.717) is 5.82 Å². The fourth-order valence-electron chi connectivity index (χ4n) is 1.04. The molecule has 0 saturated heterocycles. The number of esters is 1. The number of ether oxygens (including phenoxy) is 1. The monoisotopic (exact) mass is 274 g/mol. The van der Waals surface area contributed by atoms with Crippen LogP contribution in [0.15, 0.2) is 12.4 Å². The zero-order valence-corrected chi connectivity index (χ0v) is 10.8. The highest BCUT2D eigenvalue weighted by Gasteiger charge is 2.08. The van der Waals surface area contributed by atoms with E-state index in [-0.39, 0.29) is 18.0 Å². The fraction of sp³-hybridized carbons (Fsp3) is 0.444. The van der Waals surface area contributed by atoms with Gasteiger partial charge in [0.2, 0.25) is 10.0 Å². The van der Waals surface area contributed by atoms with Crippen LogP contribution in [0.5, 0.6) is 0 Å². The lowest BCUT2D eigenvalue weighted by atomic mass is 10.4. The quantitative estimate of drug-likeness (QED) is 0.655.